The molecule has 7 heteroatoms. The van der Waals surface area contributed by atoms with Gasteiger partial charge >= 0.3 is 5.97 Å². The number of carbonyl (C=O) groups is 2. The maximum atomic E-state index is 13.5. The summed E-state index contributed by atoms with van der Waals surface area (Å²) in [5, 5.41) is 8.74. The number of carbonyl (C=O) groups excluding carboxylic acids is 1. The Morgan fingerprint density at radius 1 is 1.20 bits per heavy atom. The van der Waals surface area contributed by atoms with Gasteiger partial charge < -0.3 is 10.0 Å². The summed E-state index contributed by atoms with van der Waals surface area (Å²) in [6, 6.07) is 1.42. The smallest absolute Gasteiger partial charge is 0.323 e. The molecule has 1 N–H and O–H groups in total. The lowest BCUT2D eigenvalue weighted by molar-refractivity contribution is -0.137. The zero-order valence-electron chi connectivity index (χ0n) is 11.0. The third-order valence-corrected chi connectivity index (χ3v) is 2.46. The third kappa shape index (κ3) is 3.72. The highest BCUT2D eigenvalue weighted by atomic mass is 19.2. The van der Waals surface area contributed by atoms with E-state index in [0.717, 1.165) is 11.0 Å². The van der Waals surface area contributed by atoms with Crippen molar-refractivity contribution in [1.29, 1.82) is 0 Å². The van der Waals surface area contributed by atoms with Crippen LogP contribution in [0.25, 0.3) is 0 Å². The molecule has 110 valence electrons. The molecule has 0 aliphatic carbocycles. The summed E-state index contributed by atoms with van der Waals surface area (Å²) in [5.74, 6) is -7.11. The number of hydrogen-bond donors (Lipinski definition) is 1. The average molecular weight is 289 g/mol. The Labute approximate surface area is 113 Å². The van der Waals surface area contributed by atoms with Crippen molar-refractivity contribution in [2.75, 3.05) is 13.1 Å². The topological polar surface area (TPSA) is 57.6 Å². The van der Waals surface area contributed by atoms with Gasteiger partial charge in [-0.3, -0.25) is 9.59 Å². The summed E-state index contributed by atoms with van der Waals surface area (Å²) in [4.78, 5) is 23.6. The van der Waals surface area contributed by atoms with Crippen molar-refractivity contribution < 1.29 is 27.9 Å². The van der Waals surface area contributed by atoms with Crippen LogP contribution in [0.1, 0.15) is 24.2 Å². The van der Waals surface area contributed by atoms with E-state index < -0.39 is 41.4 Å². The predicted molar refractivity (Wildman–Crippen MR) is 64.7 cm³/mol. The fourth-order valence-corrected chi connectivity index (χ4v) is 1.68. The van der Waals surface area contributed by atoms with E-state index >= 15 is 0 Å². The molecule has 0 spiro atoms. The number of carboxylic acids is 1. The van der Waals surface area contributed by atoms with E-state index in [-0.39, 0.29) is 12.5 Å². The molecule has 4 nitrogen and oxygen atoms in total. The highest BCUT2D eigenvalue weighted by Crippen LogP contribution is 2.17. The molecule has 0 fully saturated rings. The van der Waals surface area contributed by atoms with Crippen molar-refractivity contribution in [3.8, 4) is 0 Å². The van der Waals surface area contributed by atoms with E-state index in [0.29, 0.717) is 6.07 Å². The van der Waals surface area contributed by atoms with Crippen molar-refractivity contribution >= 4 is 11.9 Å². The van der Waals surface area contributed by atoms with E-state index in [2.05, 4.69) is 0 Å². The molecule has 0 aliphatic rings. The van der Waals surface area contributed by atoms with Crippen LogP contribution in [0.3, 0.4) is 0 Å². The lowest BCUT2D eigenvalue weighted by atomic mass is 10.1. The summed E-state index contributed by atoms with van der Waals surface area (Å²) >= 11 is 0. The number of amides is 1. The van der Waals surface area contributed by atoms with Crippen LogP contribution in [0.15, 0.2) is 12.1 Å². The van der Waals surface area contributed by atoms with Crippen molar-refractivity contribution in [2.45, 2.75) is 13.8 Å². The monoisotopic (exact) mass is 289 g/mol. The van der Waals surface area contributed by atoms with Gasteiger partial charge in [0.25, 0.3) is 5.91 Å². The molecule has 0 saturated heterocycles. The Kier molecular flexibility index (Phi) is 5.12. The summed E-state index contributed by atoms with van der Waals surface area (Å²) in [5.41, 5.74) is -0.689. The first kappa shape index (κ1) is 16.0. The molecule has 0 aliphatic heterocycles. The minimum Gasteiger partial charge on any atom is -0.480 e. The maximum Gasteiger partial charge on any atom is 0.323 e. The molecule has 1 aromatic rings. The first-order chi connectivity index (χ1) is 9.23. The van der Waals surface area contributed by atoms with Crippen LogP contribution in [-0.4, -0.2) is 35.0 Å². The fraction of sp³-hybridized carbons (Fsp3) is 0.385. The molecule has 0 heterocycles. The first-order valence-electron chi connectivity index (χ1n) is 5.88. The second-order valence-corrected chi connectivity index (χ2v) is 4.70. The number of rotatable bonds is 5. The van der Waals surface area contributed by atoms with Crippen LogP contribution in [0.4, 0.5) is 13.2 Å². The molecular weight excluding hydrogens is 275 g/mol. The van der Waals surface area contributed by atoms with Crippen LogP contribution in [0.5, 0.6) is 0 Å². The predicted octanol–water partition coefficient (Wildman–Crippen LogP) is 2.29. The van der Waals surface area contributed by atoms with Crippen molar-refractivity contribution in [3.63, 3.8) is 0 Å². The van der Waals surface area contributed by atoms with Crippen molar-refractivity contribution in [1.82, 2.24) is 4.90 Å². The first-order valence-corrected chi connectivity index (χ1v) is 5.88. The Morgan fingerprint density at radius 3 is 2.30 bits per heavy atom. The zero-order valence-corrected chi connectivity index (χ0v) is 11.0. The van der Waals surface area contributed by atoms with Gasteiger partial charge in [0.1, 0.15) is 6.54 Å². The average Bonchev–Trinajstić information content (AvgIpc) is 2.33. The van der Waals surface area contributed by atoms with Crippen molar-refractivity contribution in [2.24, 2.45) is 5.92 Å². The van der Waals surface area contributed by atoms with Crippen molar-refractivity contribution in [3.05, 3.63) is 35.1 Å². The molecule has 1 rings (SSSR count). The quantitative estimate of drug-likeness (QED) is 0.846. The number of carboxylic acid groups (broad SMARTS) is 1. The molecule has 0 radical (unpaired) electrons. The molecule has 0 aromatic heterocycles. The fourth-order valence-electron chi connectivity index (χ4n) is 1.68. The van der Waals surface area contributed by atoms with E-state index in [1.807, 2.05) is 0 Å². The summed E-state index contributed by atoms with van der Waals surface area (Å²) < 4.78 is 39.5. The molecule has 0 unspecified atom stereocenters. The lowest BCUT2D eigenvalue weighted by Crippen LogP contribution is -2.38. The van der Waals surface area contributed by atoms with E-state index in [9.17, 15) is 22.8 Å². The van der Waals surface area contributed by atoms with Gasteiger partial charge in [0.05, 0.1) is 5.56 Å². The number of hydrogen-bond acceptors (Lipinski definition) is 2. The van der Waals surface area contributed by atoms with Gasteiger partial charge in [-0.15, -0.1) is 0 Å². The van der Waals surface area contributed by atoms with Gasteiger partial charge in [0.15, 0.2) is 17.5 Å². The summed E-state index contributed by atoms with van der Waals surface area (Å²) in [7, 11) is 0. The largest absolute Gasteiger partial charge is 0.480 e. The van der Waals surface area contributed by atoms with Gasteiger partial charge in [-0.1, -0.05) is 13.8 Å². The normalized spacial score (nSPS) is 10.7. The SMILES string of the molecule is CC(C)CN(CC(=O)O)C(=O)c1ccc(F)c(F)c1F. The van der Waals surface area contributed by atoms with Crippen LogP contribution in [-0.2, 0) is 4.79 Å². The van der Waals surface area contributed by atoms with Crippen LogP contribution in [0, 0.1) is 23.4 Å². The number of nitrogens with zero attached hydrogens (tertiary/aromatic N) is 1. The molecule has 0 saturated carbocycles. The van der Waals surface area contributed by atoms with Gasteiger partial charge in [-0.2, -0.15) is 0 Å². The third-order valence-electron chi connectivity index (χ3n) is 2.46. The standard InChI is InChI=1S/C13H14F3NO3/c1-7(2)5-17(6-10(18)19)13(20)8-3-4-9(14)12(16)11(8)15/h3-4,7H,5-6H2,1-2H3,(H,18,19). The zero-order chi connectivity index (χ0) is 15.4. The minimum atomic E-state index is -1.75. The number of benzene rings is 1. The molecule has 1 aromatic carbocycles. The van der Waals surface area contributed by atoms with Crippen LogP contribution < -0.4 is 0 Å². The molecular formula is C13H14F3NO3. The van der Waals surface area contributed by atoms with Gasteiger partial charge in [0.2, 0.25) is 0 Å². The van der Waals surface area contributed by atoms with Crippen LogP contribution in [0.2, 0.25) is 0 Å². The Morgan fingerprint density at radius 2 is 1.80 bits per heavy atom. The van der Waals surface area contributed by atoms with Gasteiger partial charge in [-0.25, -0.2) is 13.2 Å². The molecule has 20 heavy (non-hydrogen) atoms. The molecule has 0 atom stereocenters. The second kappa shape index (κ2) is 6.40. The maximum absolute atomic E-state index is 13.5. The van der Waals surface area contributed by atoms with Crippen LogP contribution >= 0.6 is 0 Å². The summed E-state index contributed by atoms with van der Waals surface area (Å²) in [6.45, 7) is 2.90. The van der Waals surface area contributed by atoms with E-state index in [1.54, 1.807) is 13.8 Å². The summed E-state index contributed by atoms with van der Waals surface area (Å²) in [6.07, 6.45) is 0. The lowest BCUT2D eigenvalue weighted by Gasteiger charge is -2.23. The highest BCUT2D eigenvalue weighted by Gasteiger charge is 2.25. The Hall–Kier alpha value is -2.05. The van der Waals surface area contributed by atoms with Gasteiger partial charge in [-0.05, 0) is 18.1 Å². The minimum absolute atomic E-state index is 0.0591. The van der Waals surface area contributed by atoms with Gasteiger partial charge in [0, 0.05) is 6.54 Å². The number of aliphatic carboxylic acids is 1. The Bertz CT molecular complexity index is 532. The molecule has 1 amide bonds. The number of halogens is 3. The van der Waals surface area contributed by atoms with E-state index in [1.165, 1.54) is 0 Å². The highest BCUT2D eigenvalue weighted by molar-refractivity contribution is 5.96. The second-order valence-electron chi connectivity index (χ2n) is 4.70. The molecule has 0 bridgehead atoms. The Balaban J connectivity index is 3.11. The van der Waals surface area contributed by atoms with E-state index in [4.69, 9.17) is 5.11 Å².